The van der Waals surface area contributed by atoms with Crippen LogP contribution in [0, 0.1) is 0 Å². The maximum atomic E-state index is 11.4. The van der Waals surface area contributed by atoms with Crippen LogP contribution < -0.4 is 0 Å². The fourth-order valence-corrected chi connectivity index (χ4v) is 2.81. The van der Waals surface area contributed by atoms with Crippen LogP contribution in [0.4, 0.5) is 0 Å². The number of hydrogen-bond donors (Lipinski definition) is 0. The first-order chi connectivity index (χ1) is 4.96. The van der Waals surface area contributed by atoms with Gasteiger partial charge in [-0.2, -0.15) is 0 Å². The highest BCUT2D eigenvalue weighted by molar-refractivity contribution is 7.94. The lowest BCUT2D eigenvalue weighted by molar-refractivity contribution is -0.108. The summed E-state index contributed by atoms with van der Waals surface area (Å²) in [7, 11) is -3.18. The Bertz CT molecular complexity index is 259. The van der Waals surface area contributed by atoms with Crippen LogP contribution in [0.15, 0.2) is 0 Å². The minimum absolute atomic E-state index is 0.435. The Kier molecular flexibility index (Phi) is 1.82. The Morgan fingerprint density at radius 2 is 1.82 bits per heavy atom. The first-order valence-electron chi connectivity index (χ1n) is 3.66. The van der Waals surface area contributed by atoms with E-state index in [-0.39, 0.29) is 0 Å². The van der Waals surface area contributed by atoms with E-state index in [1.807, 2.05) is 0 Å². The molecule has 4 heteroatoms. The number of carbonyl (C=O) groups excluding carboxylic acids is 1. The van der Waals surface area contributed by atoms with Crippen LogP contribution in [0.3, 0.4) is 0 Å². The maximum absolute atomic E-state index is 11.4. The molecule has 11 heavy (non-hydrogen) atoms. The van der Waals surface area contributed by atoms with E-state index >= 15 is 0 Å². The van der Waals surface area contributed by atoms with Gasteiger partial charge in [0.1, 0.15) is 11.0 Å². The van der Waals surface area contributed by atoms with Crippen LogP contribution in [0.1, 0.15) is 26.7 Å². The fourth-order valence-electron chi connectivity index (χ4n) is 1.06. The van der Waals surface area contributed by atoms with E-state index in [9.17, 15) is 13.2 Å². The predicted octanol–water partition coefficient (Wildman–Crippen LogP) is 0.541. The molecule has 0 unspecified atom stereocenters. The molecule has 0 aromatic rings. The number of hydrogen-bond acceptors (Lipinski definition) is 3. The highest BCUT2D eigenvalue weighted by Gasteiger charge is 2.55. The van der Waals surface area contributed by atoms with E-state index in [1.54, 1.807) is 13.8 Å². The van der Waals surface area contributed by atoms with Gasteiger partial charge in [-0.25, -0.2) is 8.42 Å². The van der Waals surface area contributed by atoms with Gasteiger partial charge in [0.15, 0.2) is 9.84 Å². The standard InChI is InChI=1S/C7H12O3S/c1-6(2)11(9,10)7(5-8)3-4-7/h5-6H,3-4H2,1-2H3. The molecule has 0 spiro atoms. The molecule has 0 amide bonds. The van der Waals surface area contributed by atoms with Crippen molar-refractivity contribution in [2.75, 3.05) is 0 Å². The summed E-state index contributed by atoms with van der Waals surface area (Å²) in [6, 6.07) is 0. The third kappa shape index (κ3) is 1.09. The summed E-state index contributed by atoms with van der Waals surface area (Å²) in [5.74, 6) is 0. The molecule has 0 radical (unpaired) electrons. The highest BCUT2D eigenvalue weighted by Crippen LogP contribution is 2.43. The van der Waals surface area contributed by atoms with Crippen LogP contribution in [0.2, 0.25) is 0 Å². The number of rotatable bonds is 3. The van der Waals surface area contributed by atoms with Crippen LogP contribution >= 0.6 is 0 Å². The number of sulfone groups is 1. The largest absolute Gasteiger partial charge is 0.302 e. The van der Waals surface area contributed by atoms with Crippen LogP contribution in [0.25, 0.3) is 0 Å². The molecule has 64 valence electrons. The predicted molar refractivity (Wildman–Crippen MR) is 42.1 cm³/mol. The number of aldehydes is 1. The summed E-state index contributed by atoms with van der Waals surface area (Å²) >= 11 is 0. The van der Waals surface area contributed by atoms with Gasteiger partial charge in [-0.3, -0.25) is 0 Å². The zero-order valence-corrected chi connectivity index (χ0v) is 7.52. The van der Waals surface area contributed by atoms with E-state index in [1.165, 1.54) is 0 Å². The minimum atomic E-state index is -3.18. The van der Waals surface area contributed by atoms with E-state index in [4.69, 9.17) is 0 Å². The molecular formula is C7H12O3S. The monoisotopic (exact) mass is 176 g/mol. The van der Waals surface area contributed by atoms with Crippen molar-refractivity contribution < 1.29 is 13.2 Å². The van der Waals surface area contributed by atoms with Crippen molar-refractivity contribution in [2.24, 2.45) is 0 Å². The smallest absolute Gasteiger partial charge is 0.165 e. The van der Waals surface area contributed by atoms with Gasteiger partial charge in [0.05, 0.1) is 5.25 Å². The zero-order chi connectivity index (χ0) is 8.70. The lowest BCUT2D eigenvalue weighted by Gasteiger charge is -2.11. The van der Waals surface area contributed by atoms with E-state index in [2.05, 4.69) is 0 Å². The molecule has 0 bridgehead atoms. The summed E-state index contributed by atoms with van der Waals surface area (Å²) in [6.07, 6.45) is 1.61. The Morgan fingerprint density at radius 1 is 1.36 bits per heavy atom. The van der Waals surface area contributed by atoms with E-state index in [0.717, 1.165) is 0 Å². The third-order valence-electron chi connectivity index (χ3n) is 2.14. The summed E-state index contributed by atoms with van der Waals surface area (Å²) in [4.78, 5) is 10.5. The molecule has 0 heterocycles. The fraction of sp³-hybridized carbons (Fsp3) is 0.857. The van der Waals surface area contributed by atoms with Crippen molar-refractivity contribution in [2.45, 2.75) is 36.7 Å². The molecule has 1 fully saturated rings. The van der Waals surface area contributed by atoms with Crippen molar-refractivity contribution in [3.05, 3.63) is 0 Å². The normalized spacial score (nSPS) is 21.7. The topological polar surface area (TPSA) is 51.2 Å². The van der Waals surface area contributed by atoms with Gasteiger partial charge in [-0.15, -0.1) is 0 Å². The lowest BCUT2D eigenvalue weighted by atomic mass is 10.5. The average molecular weight is 176 g/mol. The molecule has 0 aliphatic heterocycles. The maximum Gasteiger partial charge on any atom is 0.165 e. The van der Waals surface area contributed by atoms with Crippen molar-refractivity contribution in [3.63, 3.8) is 0 Å². The second-order valence-electron chi connectivity index (χ2n) is 3.28. The van der Waals surface area contributed by atoms with Crippen molar-refractivity contribution >= 4 is 16.1 Å². The minimum Gasteiger partial charge on any atom is -0.302 e. The average Bonchev–Trinajstić information content (AvgIpc) is 2.66. The van der Waals surface area contributed by atoms with Crippen LogP contribution in [-0.2, 0) is 14.6 Å². The van der Waals surface area contributed by atoms with Crippen molar-refractivity contribution in [3.8, 4) is 0 Å². The molecule has 0 aromatic heterocycles. The zero-order valence-electron chi connectivity index (χ0n) is 6.70. The first kappa shape index (κ1) is 8.71. The van der Waals surface area contributed by atoms with Gasteiger partial charge in [0.25, 0.3) is 0 Å². The molecular weight excluding hydrogens is 164 g/mol. The van der Waals surface area contributed by atoms with Crippen LogP contribution in [0.5, 0.6) is 0 Å². The van der Waals surface area contributed by atoms with Gasteiger partial charge in [-0.1, -0.05) is 0 Å². The molecule has 1 aliphatic rings. The van der Waals surface area contributed by atoms with Gasteiger partial charge in [0, 0.05) is 0 Å². The molecule has 3 nitrogen and oxygen atoms in total. The second-order valence-corrected chi connectivity index (χ2v) is 6.12. The van der Waals surface area contributed by atoms with Gasteiger partial charge in [0.2, 0.25) is 0 Å². The lowest BCUT2D eigenvalue weighted by Crippen LogP contribution is -2.31. The van der Waals surface area contributed by atoms with Gasteiger partial charge in [-0.05, 0) is 26.7 Å². The Hall–Kier alpha value is -0.380. The molecule has 1 saturated carbocycles. The highest BCUT2D eigenvalue weighted by atomic mass is 32.2. The summed E-state index contributed by atoms with van der Waals surface area (Å²) in [6.45, 7) is 3.22. The SMILES string of the molecule is CC(C)S(=O)(=O)C1(C=O)CC1. The molecule has 1 aliphatic carbocycles. The molecule has 0 saturated heterocycles. The second kappa shape index (κ2) is 2.30. The Balaban J connectivity index is 2.99. The van der Waals surface area contributed by atoms with Gasteiger partial charge >= 0.3 is 0 Å². The van der Waals surface area contributed by atoms with E-state index < -0.39 is 19.8 Å². The Labute approximate surface area is 66.7 Å². The summed E-state index contributed by atoms with van der Waals surface area (Å²) in [5, 5.41) is -0.435. The van der Waals surface area contributed by atoms with Crippen molar-refractivity contribution in [1.82, 2.24) is 0 Å². The third-order valence-corrected chi connectivity index (χ3v) is 5.02. The molecule has 0 aromatic carbocycles. The summed E-state index contributed by atoms with van der Waals surface area (Å²) < 4.78 is 21.8. The Morgan fingerprint density at radius 3 is 1.91 bits per heavy atom. The number of carbonyl (C=O) groups is 1. The van der Waals surface area contributed by atoms with E-state index in [0.29, 0.717) is 19.1 Å². The first-order valence-corrected chi connectivity index (χ1v) is 5.21. The molecule has 0 atom stereocenters. The van der Waals surface area contributed by atoms with Crippen LogP contribution in [-0.4, -0.2) is 24.7 Å². The quantitative estimate of drug-likeness (QED) is 0.590. The molecule has 0 N–H and O–H groups in total. The molecule has 1 rings (SSSR count). The van der Waals surface area contributed by atoms with Crippen molar-refractivity contribution in [1.29, 1.82) is 0 Å². The van der Waals surface area contributed by atoms with Gasteiger partial charge < -0.3 is 4.79 Å². The summed E-state index contributed by atoms with van der Waals surface area (Å²) in [5.41, 5.74) is 0.